The fourth-order valence-corrected chi connectivity index (χ4v) is 2.34. The SMILES string of the molecule is COc1ccc(Br)c(CNc2ccc(C#N)c(Cl)c2)c1. The van der Waals surface area contributed by atoms with Crippen LogP contribution in [0.1, 0.15) is 11.1 Å². The van der Waals surface area contributed by atoms with Crippen LogP contribution in [0.4, 0.5) is 5.69 Å². The number of anilines is 1. The van der Waals surface area contributed by atoms with E-state index in [1.807, 2.05) is 30.3 Å². The molecule has 0 aliphatic rings. The molecule has 3 nitrogen and oxygen atoms in total. The maximum absolute atomic E-state index is 8.84. The summed E-state index contributed by atoms with van der Waals surface area (Å²) in [5, 5.41) is 12.5. The maximum Gasteiger partial charge on any atom is 0.119 e. The van der Waals surface area contributed by atoms with Gasteiger partial charge in [-0.25, -0.2) is 0 Å². The lowest BCUT2D eigenvalue weighted by atomic mass is 10.2. The zero-order valence-electron chi connectivity index (χ0n) is 10.8. The highest BCUT2D eigenvalue weighted by Crippen LogP contribution is 2.25. The summed E-state index contributed by atoms with van der Waals surface area (Å²) in [4.78, 5) is 0. The Kier molecular flexibility index (Phi) is 4.89. The molecule has 0 saturated carbocycles. The van der Waals surface area contributed by atoms with Crippen molar-refractivity contribution in [3.8, 4) is 11.8 Å². The average Bonchev–Trinajstić information content (AvgIpc) is 2.46. The molecule has 0 fully saturated rings. The molecule has 0 heterocycles. The number of hydrogen-bond donors (Lipinski definition) is 1. The van der Waals surface area contributed by atoms with Crippen LogP contribution >= 0.6 is 27.5 Å². The number of benzene rings is 2. The largest absolute Gasteiger partial charge is 0.497 e. The molecule has 0 spiro atoms. The van der Waals surface area contributed by atoms with Crippen molar-refractivity contribution in [2.45, 2.75) is 6.54 Å². The van der Waals surface area contributed by atoms with Crippen LogP contribution in [0.15, 0.2) is 40.9 Å². The number of nitriles is 1. The normalized spacial score (nSPS) is 9.90. The highest BCUT2D eigenvalue weighted by Gasteiger charge is 2.04. The van der Waals surface area contributed by atoms with Crippen LogP contribution in [-0.2, 0) is 6.54 Å². The zero-order valence-corrected chi connectivity index (χ0v) is 13.1. The first-order chi connectivity index (χ1) is 9.63. The van der Waals surface area contributed by atoms with Crippen molar-refractivity contribution in [3.63, 3.8) is 0 Å². The van der Waals surface area contributed by atoms with Gasteiger partial charge in [-0.05, 0) is 42.0 Å². The Labute approximate surface area is 131 Å². The quantitative estimate of drug-likeness (QED) is 0.876. The summed E-state index contributed by atoms with van der Waals surface area (Å²) in [6, 6.07) is 13.1. The Morgan fingerprint density at radius 1 is 1.30 bits per heavy atom. The lowest BCUT2D eigenvalue weighted by molar-refractivity contribution is 0.414. The van der Waals surface area contributed by atoms with E-state index in [0.29, 0.717) is 17.1 Å². The van der Waals surface area contributed by atoms with Crippen molar-refractivity contribution in [1.82, 2.24) is 0 Å². The van der Waals surface area contributed by atoms with E-state index in [9.17, 15) is 0 Å². The van der Waals surface area contributed by atoms with Crippen LogP contribution in [0.3, 0.4) is 0 Å². The van der Waals surface area contributed by atoms with Gasteiger partial charge >= 0.3 is 0 Å². The summed E-state index contributed by atoms with van der Waals surface area (Å²) in [5.41, 5.74) is 2.41. The van der Waals surface area contributed by atoms with Crippen LogP contribution in [0.5, 0.6) is 5.75 Å². The van der Waals surface area contributed by atoms with Gasteiger partial charge in [-0.15, -0.1) is 0 Å². The summed E-state index contributed by atoms with van der Waals surface area (Å²) < 4.78 is 6.21. The number of halogens is 2. The van der Waals surface area contributed by atoms with Gasteiger partial charge in [0.1, 0.15) is 11.8 Å². The van der Waals surface area contributed by atoms with E-state index in [0.717, 1.165) is 21.5 Å². The third-order valence-corrected chi connectivity index (χ3v) is 3.91. The lowest BCUT2D eigenvalue weighted by Gasteiger charge is -2.10. The highest BCUT2D eigenvalue weighted by atomic mass is 79.9. The molecule has 0 unspecified atom stereocenters. The van der Waals surface area contributed by atoms with E-state index in [1.165, 1.54) is 0 Å². The smallest absolute Gasteiger partial charge is 0.119 e. The first kappa shape index (κ1) is 14.7. The summed E-state index contributed by atoms with van der Waals surface area (Å²) in [5.74, 6) is 0.808. The van der Waals surface area contributed by atoms with Gasteiger partial charge in [0, 0.05) is 16.7 Å². The molecule has 0 amide bonds. The van der Waals surface area contributed by atoms with Crippen molar-refractivity contribution in [2.24, 2.45) is 0 Å². The van der Waals surface area contributed by atoms with Gasteiger partial charge in [-0.3, -0.25) is 0 Å². The molecular formula is C15H12BrClN2O. The summed E-state index contributed by atoms with van der Waals surface area (Å²) in [6.45, 7) is 0.625. The van der Waals surface area contributed by atoms with E-state index in [1.54, 1.807) is 19.2 Å². The van der Waals surface area contributed by atoms with Crippen LogP contribution in [0.2, 0.25) is 5.02 Å². The lowest BCUT2D eigenvalue weighted by Crippen LogP contribution is -2.01. The molecule has 5 heteroatoms. The summed E-state index contributed by atoms with van der Waals surface area (Å²) >= 11 is 9.50. The van der Waals surface area contributed by atoms with Crippen molar-refractivity contribution in [2.75, 3.05) is 12.4 Å². The van der Waals surface area contributed by atoms with Gasteiger partial charge in [-0.2, -0.15) is 5.26 Å². The summed E-state index contributed by atoms with van der Waals surface area (Å²) in [6.07, 6.45) is 0. The third kappa shape index (κ3) is 3.44. The second-order valence-electron chi connectivity index (χ2n) is 4.12. The van der Waals surface area contributed by atoms with Gasteiger partial charge in [0.25, 0.3) is 0 Å². The average molecular weight is 352 g/mol. The molecule has 0 aliphatic heterocycles. The van der Waals surface area contributed by atoms with Gasteiger partial charge in [0.15, 0.2) is 0 Å². The van der Waals surface area contributed by atoms with Crippen molar-refractivity contribution >= 4 is 33.2 Å². The highest BCUT2D eigenvalue weighted by molar-refractivity contribution is 9.10. The van der Waals surface area contributed by atoms with Gasteiger partial charge < -0.3 is 10.1 Å². The number of rotatable bonds is 4. The van der Waals surface area contributed by atoms with Crippen LogP contribution in [0, 0.1) is 11.3 Å². The predicted molar refractivity (Wildman–Crippen MR) is 84.2 cm³/mol. The van der Waals surface area contributed by atoms with Crippen LogP contribution < -0.4 is 10.1 Å². The fourth-order valence-electron chi connectivity index (χ4n) is 1.73. The van der Waals surface area contributed by atoms with E-state index in [-0.39, 0.29) is 0 Å². The monoisotopic (exact) mass is 350 g/mol. The second-order valence-corrected chi connectivity index (χ2v) is 5.38. The van der Waals surface area contributed by atoms with Gasteiger partial charge in [0.2, 0.25) is 0 Å². The maximum atomic E-state index is 8.84. The van der Waals surface area contributed by atoms with Crippen LogP contribution in [-0.4, -0.2) is 7.11 Å². The van der Waals surface area contributed by atoms with Crippen molar-refractivity contribution in [3.05, 3.63) is 57.0 Å². The van der Waals surface area contributed by atoms with Gasteiger partial charge in [0.05, 0.1) is 17.7 Å². The molecule has 0 radical (unpaired) electrons. The minimum absolute atomic E-state index is 0.446. The molecule has 2 aromatic rings. The Morgan fingerprint density at radius 2 is 2.10 bits per heavy atom. The number of hydrogen-bond acceptors (Lipinski definition) is 3. The minimum Gasteiger partial charge on any atom is -0.497 e. The first-order valence-corrected chi connectivity index (χ1v) is 7.07. The number of nitrogens with one attached hydrogen (secondary N) is 1. The number of methoxy groups -OCH3 is 1. The third-order valence-electron chi connectivity index (χ3n) is 2.83. The number of ether oxygens (including phenoxy) is 1. The first-order valence-electron chi connectivity index (χ1n) is 5.90. The number of nitrogens with zero attached hydrogens (tertiary/aromatic N) is 1. The molecule has 0 bridgehead atoms. The molecule has 102 valence electrons. The molecule has 2 aromatic carbocycles. The molecule has 0 atom stereocenters. The van der Waals surface area contributed by atoms with E-state index in [2.05, 4.69) is 21.2 Å². The molecule has 0 aromatic heterocycles. The molecule has 0 saturated heterocycles. The predicted octanol–water partition coefficient (Wildman–Crippen LogP) is 4.59. The van der Waals surface area contributed by atoms with E-state index in [4.69, 9.17) is 21.6 Å². The molecule has 2 rings (SSSR count). The summed E-state index contributed by atoms with van der Waals surface area (Å²) in [7, 11) is 1.64. The fraction of sp³-hybridized carbons (Fsp3) is 0.133. The molecule has 20 heavy (non-hydrogen) atoms. The second kappa shape index (κ2) is 6.65. The van der Waals surface area contributed by atoms with E-state index >= 15 is 0 Å². The minimum atomic E-state index is 0.446. The zero-order chi connectivity index (χ0) is 14.5. The Bertz CT molecular complexity index is 667. The molecule has 1 N–H and O–H groups in total. The van der Waals surface area contributed by atoms with Crippen LogP contribution in [0.25, 0.3) is 0 Å². The van der Waals surface area contributed by atoms with E-state index < -0.39 is 0 Å². The molecular weight excluding hydrogens is 340 g/mol. The Hall–Kier alpha value is -1.70. The topological polar surface area (TPSA) is 45.0 Å². The standard InChI is InChI=1S/C15H12BrClN2O/c1-20-13-4-5-14(16)11(6-13)9-19-12-3-2-10(8-18)15(17)7-12/h2-7,19H,9H2,1H3. The molecule has 0 aliphatic carbocycles. The van der Waals surface area contributed by atoms with Crippen molar-refractivity contribution in [1.29, 1.82) is 5.26 Å². The Balaban J connectivity index is 2.13. The van der Waals surface area contributed by atoms with Gasteiger partial charge in [-0.1, -0.05) is 27.5 Å². The van der Waals surface area contributed by atoms with Crippen molar-refractivity contribution < 1.29 is 4.74 Å². The Morgan fingerprint density at radius 3 is 2.75 bits per heavy atom.